The Hall–Kier alpha value is -2.13. The number of halogens is 1. The van der Waals surface area contributed by atoms with E-state index in [1.807, 2.05) is 29.6 Å². The van der Waals surface area contributed by atoms with E-state index in [2.05, 4.69) is 41.6 Å². The van der Waals surface area contributed by atoms with Crippen LogP contribution >= 0.6 is 27.3 Å². The van der Waals surface area contributed by atoms with E-state index in [9.17, 15) is 4.79 Å². The number of tetrazole rings is 1. The SMILES string of the molecule is CC(=O)Nc1nc(Cn2nnc(-c3ccc(Br)cc3)n2)cs1. The zero-order chi connectivity index (χ0) is 15.5. The lowest BCUT2D eigenvalue weighted by Gasteiger charge is -1.96. The van der Waals surface area contributed by atoms with Gasteiger partial charge < -0.3 is 5.32 Å². The van der Waals surface area contributed by atoms with Crippen molar-refractivity contribution in [2.24, 2.45) is 0 Å². The lowest BCUT2D eigenvalue weighted by atomic mass is 10.2. The minimum absolute atomic E-state index is 0.141. The standard InChI is InChI=1S/C13H11BrN6OS/c1-8(21)15-13-16-11(7-22-13)6-20-18-12(17-19-20)9-2-4-10(14)5-3-9/h2-5,7H,6H2,1H3,(H,15,16,21). The van der Waals surface area contributed by atoms with Crippen molar-refractivity contribution in [1.29, 1.82) is 0 Å². The van der Waals surface area contributed by atoms with Crippen LogP contribution in [0.1, 0.15) is 12.6 Å². The van der Waals surface area contributed by atoms with Gasteiger partial charge in [0.15, 0.2) is 5.13 Å². The van der Waals surface area contributed by atoms with Crippen LogP contribution in [0, 0.1) is 0 Å². The molecule has 1 N–H and O–H groups in total. The van der Waals surface area contributed by atoms with Crippen LogP contribution in [-0.4, -0.2) is 31.1 Å². The second-order valence-electron chi connectivity index (χ2n) is 4.48. The predicted octanol–water partition coefficient (Wildman–Crippen LogP) is 2.57. The molecule has 0 bridgehead atoms. The van der Waals surface area contributed by atoms with E-state index < -0.39 is 0 Å². The monoisotopic (exact) mass is 378 g/mol. The first kappa shape index (κ1) is 14.8. The Balaban J connectivity index is 1.72. The molecule has 1 amide bonds. The molecule has 9 heteroatoms. The Bertz CT molecular complexity index is 797. The zero-order valence-electron chi connectivity index (χ0n) is 11.5. The van der Waals surface area contributed by atoms with Crippen LogP contribution in [0.4, 0.5) is 5.13 Å². The maximum atomic E-state index is 11.0. The summed E-state index contributed by atoms with van der Waals surface area (Å²) in [5, 5.41) is 17.5. The van der Waals surface area contributed by atoms with Gasteiger partial charge in [-0.05, 0) is 29.5 Å². The number of amides is 1. The van der Waals surface area contributed by atoms with Gasteiger partial charge in [0.1, 0.15) is 6.54 Å². The smallest absolute Gasteiger partial charge is 0.223 e. The van der Waals surface area contributed by atoms with Crippen LogP contribution in [0.5, 0.6) is 0 Å². The van der Waals surface area contributed by atoms with Crippen LogP contribution in [0.25, 0.3) is 11.4 Å². The summed E-state index contributed by atoms with van der Waals surface area (Å²) in [6, 6.07) is 7.69. The lowest BCUT2D eigenvalue weighted by molar-refractivity contribution is -0.114. The molecule has 7 nitrogen and oxygen atoms in total. The first-order valence-electron chi connectivity index (χ1n) is 6.36. The topological polar surface area (TPSA) is 85.6 Å². The number of rotatable bonds is 4. The minimum Gasteiger partial charge on any atom is -0.302 e. The van der Waals surface area contributed by atoms with Crippen LogP contribution in [0.3, 0.4) is 0 Å². The number of nitrogens with zero attached hydrogens (tertiary/aromatic N) is 5. The second-order valence-corrected chi connectivity index (χ2v) is 6.25. The van der Waals surface area contributed by atoms with Crippen LogP contribution in [0.2, 0.25) is 0 Å². The molecule has 2 aromatic heterocycles. The van der Waals surface area contributed by atoms with Crippen molar-refractivity contribution in [3.8, 4) is 11.4 Å². The number of hydrogen-bond acceptors (Lipinski definition) is 6. The number of carbonyl (C=O) groups is 1. The summed E-state index contributed by atoms with van der Waals surface area (Å²) in [5.74, 6) is 0.419. The average Bonchev–Trinajstić information content (AvgIpc) is 3.09. The van der Waals surface area contributed by atoms with Crippen LogP contribution in [0.15, 0.2) is 34.1 Å². The fourth-order valence-corrected chi connectivity index (χ4v) is 2.77. The summed E-state index contributed by atoms with van der Waals surface area (Å²) >= 11 is 4.75. The van der Waals surface area contributed by atoms with Gasteiger partial charge >= 0.3 is 0 Å². The molecule has 0 saturated heterocycles. The van der Waals surface area contributed by atoms with Gasteiger partial charge in [0.05, 0.1) is 5.69 Å². The molecule has 0 radical (unpaired) electrons. The van der Waals surface area contributed by atoms with Gasteiger partial charge in [0.25, 0.3) is 0 Å². The summed E-state index contributed by atoms with van der Waals surface area (Å²) in [5.41, 5.74) is 1.67. The summed E-state index contributed by atoms with van der Waals surface area (Å²) in [7, 11) is 0. The maximum absolute atomic E-state index is 11.0. The molecule has 0 unspecified atom stereocenters. The van der Waals surface area contributed by atoms with E-state index in [1.54, 1.807) is 0 Å². The van der Waals surface area contributed by atoms with Crippen molar-refractivity contribution in [2.75, 3.05) is 5.32 Å². The molecule has 0 aliphatic rings. The zero-order valence-corrected chi connectivity index (χ0v) is 13.9. The third-order valence-electron chi connectivity index (χ3n) is 2.69. The molecule has 3 aromatic rings. The third-order valence-corrected chi connectivity index (χ3v) is 4.03. The summed E-state index contributed by atoms with van der Waals surface area (Å²) in [4.78, 5) is 16.7. The number of hydrogen-bond donors (Lipinski definition) is 1. The molecule has 0 fully saturated rings. The summed E-state index contributed by atoms with van der Waals surface area (Å²) in [6.45, 7) is 1.85. The normalized spacial score (nSPS) is 10.6. The molecule has 22 heavy (non-hydrogen) atoms. The van der Waals surface area contributed by atoms with Crippen molar-refractivity contribution in [1.82, 2.24) is 25.2 Å². The molecule has 112 valence electrons. The predicted molar refractivity (Wildman–Crippen MR) is 86.5 cm³/mol. The molecule has 2 heterocycles. The molecule has 0 aliphatic carbocycles. The quantitative estimate of drug-likeness (QED) is 0.753. The van der Waals surface area contributed by atoms with Crippen LogP contribution < -0.4 is 5.32 Å². The summed E-state index contributed by atoms with van der Waals surface area (Å²) in [6.07, 6.45) is 0. The number of nitrogens with one attached hydrogen (secondary N) is 1. The van der Waals surface area contributed by atoms with Crippen molar-refractivity contribution >= 4 is 38.3 Å². The van der Waals surface area contributed by atoms with E-state index in [0.717, 1.165) is 15.7 Å². The number of benzene rings is 1. The largest absolute Gasteiger partial charge is 0.302 e. The Morgan fingerprint density at radius 2 is 2.14 bits per heavy atom. The van der Waals surface area contributed by atoms with Gasteiger partial charge in [-0.2, -0.15) is 4.80 Å². The van der Waals surface area contributed by atoms with E-state index >= 15 is 0 Å². The Morgan fingerprint density at radius 1 is 1.36 bits per heavy atom. The van der Waals surface area contributed by atoms with Gasteiger partial charge in [-0.1, -0.05) is 15.9 Å². The average molecular weight is 379 g/mol. The van der Waals surface area contributed by atoms with E-state index in [-0.39, 0.29) is 5.91 Å². The lowest BCUT2D eigenvalue weighted by Crippen LogP contribution is -2.07. The highest BCUT2D eigenvalue weighted by Gasteiger charge is 2.09. The van der Waals surface area contributed by atoms with Gasteiger partial charge in [-0.25, -0.2) is 4.98 Å². The van der Waals surface area contributed by atoms with Gasteiger partial charge in [0.2, 0.25) is 11.7 Å². The van der Waals surface area contributed by atoms with Gasteiger partial charge in [-0.15, -0.1) is 21.5 Å². The van der Waals surface area contributed by atoms with Gasteiger partial charge in [-0.3, -0.25) is 4.79 Å². The Kier molecular flexibility index (Phi) is 4.25. The Morgan fingerprint density at radius 3 is 2.86 bits per heavy atom. The third kappa shape index (κ3) is 3.55. The van der Waals surface area contributed by atoms with E-state index in [0.29, 0.717) is 17.5 Å². The highest BCUT2D eigenvalue weighted by atomic mass is 79.9. The molecule has 0 saturated carbocycles. The molecular weight excluding hydrogens is 368 g/mol. The van der Waals surface area contributed by atoms with Crippen molar-refractivity contribution in [2.45, 2.75) is 13.5 Å². The first-order valence-corrected chi connectivity index (χ1v) is 8.03. The number of aromatic nitrogens is 5. The molecule has 1 aromatic carbocycles. The van der Waals surface area contributed by atoms with Crippen LogP contribution in [-0.2, 0) is 11.3 Å². The van der Waals surface area contributed by atoms with E-state index in [1.165, 1.54) is 23.1 Å². The van der Waals surface area contributed by atoms with Gasteiger partial charge in [0, 0.05) is 22.3 Å². The fourth-order valence-electron chi connectivity index (χ4n) is 1.76. The maximum Gasteiger partial charge on any atom is 0.223 e. The van der Waals surface area contributed by atoms with Crippen molar-refractivity contribution in [3.63, 3.8) is 0 Å². The molecule has 0 atom stereocenters. The fraction of sp³-hybridized carbons (Fsp3) is 0.154. The molecule has 3 rings (SSSR count). The molecular formula is C13H11BrN6OS. The summed E-state index contributed by atoms with van der Waals surface area (Å²) < 4.78 is 0.997. The molecule has 0 spiro atoms. The van der Waals surface area contributed by atoms with Crippen molar-refractivity contribution < 1.29 is 4.79 Å². The number of anilines is 1. The van der Waals surface area contributed by atoms with E-state index in [4.69, 9.17) is 0 Å². The minimum atomic E-state index is -0.141. The number of thiazole rings is 1. The Labute approximate surface area is 138 Å². The highest BCUT2D eigenvalue weighted by Crippen LogP contribution is 2.18. The second kappa shape index (κ2) is 6.32. The molecule has 0 aliphatic heterocycles. The number of carbonyl (C=O) groups excluding carboxylic acids is 1. The first-order chi connectivity index (χ1) is 10.6. The highest BCUT2D eigenvalue weighted by molar-refractivity contribution is 9.10. The van der Waals surface area contributed by atoms with Crippen molar-refractivity contribution in [3.05, 3.63) is 39.8 Å².